The minimum Gasteiger partial charge on any atom is -0.493 e. The van der Waals surface area contributed by atoms with Gasteiger partial charge in [-0.05, 0) is 24.3 Å². The number of methoxy groups -OCH3 is 3. The quantitative estimate of drug-likeness (QED) is 0.773. The van der Waals surface area contributed by atoms with Gasteiger partial charge >= 0.3 is 0 Å². The van der Waals surface area contributed by atoms with Gasteiger partial charge in [0.2, 0.25) is 11.7 Å². The summed E-state index contributed by atoms with van der Waals surface area (Å²) in [6.07, 6.45) is 0. The highest BCUT2D eigenvalue weighted by molar-refractivity contribution is 6.30. The second kappa shape index (κ2) is 8.96. The number of anilines is 1. The molecule has 0 aliphatic rings. The molecule has 0 aliphatic heterocycles. The van der Waals surface area contributed by atoms with Gasteiger partial charge in [0.25, 0.3) is 5.91 Å². The first-order chi connectivity index (χ1) is 12.5. The molecule has 0 saturated heterocycles. The highest BCUT2D eigenvalue weighted by atomic mass is 35.5. The fourth-order valence-corrected chi connectivity index (χ4v) is 2.35. The van der Waals surface area contributed by atoms with Gasteiger partial charge in [-0.2, -0.15) is 0 Å². The zero-order valence-electron chi connectivity index (χ0n) is 14.6. The lowest BCUT2D eigenvalue weighted by atomic mass is 10.2. The van der Waals surface area contributed by atoms with E-state index in [-0.39, 0.29) is 12.5 Å². The van der Waals surface area contributed by atoms with Crippen LogP contribution >= 0.6 is 11.6 Å². The predicted octanol–water partition coefficient (Wildman–Crippen LogP) is 2.73. The molecule has 2 amide bonds. The molecule has 0 aromatic heterocycles. The van der Waals surface area contributed by atoms with E-state index >= 15 is 0 Å². The molecular formula is C18H19ClN2O5. The van der Waals surface area contributed by atoms with Crippen LogP contribution in [0.15, 0.2) is 36.4 Å². The lowest BCUT2D eigenvalue weighted by molar-refractivity contribution is -0.115. The maximum absolute atomic E-state index is 12.1. The summed E-state index contributed by atoms with van der Waals surface area (Å²) in [7, 11) is 4.45. The monoisotopic (exact) mass is 378 g/mol. The van der Waals surface area contributed by atoms with Crippen LogP contribution in [-0.4, -0.2) is 39.7 Å². The average molecular weight is 379 g/mol. The summed E-state index contributed by atoms with van der Waals surface area (Å²) in [5.41, 5.74) is 0.861. The number of nitrogens with one attached hydrogen (secondary N) is 2. The van der Waals surface area contributed by atoms with Crippen LogP contribution in [0, 0.1) is 0 Å². The molecule has 7 nitrogen and oxygen atoms in total. The molecule has 26 heavy (non-hydrogen) atoms. The van der Waals surface area contributed by atoms with E-state index in [1.807, 2.05) is 0 Å². The first-order valence-electron chi connectivity index (χ1n) is 7.62. The summed E-state index contributed by atoms with van der Waals surface area (Å²) >= 11 is 5.78. The molecule has 0 atom stereocenters. The van der Waals surface area contributed by atoms with E-state index in [2.05, 4.69) is 10.6 Å². The molecule has 0 saturated carbocycles. The molecule has 0 unspecified atom stereocenters. The Bertz CT molecular complexity index is 768. The van der Waals surface area contributed by atoms with Crippen molar-refractivity contribution in [3.8, 4) is 17.2 Å². The van der Waals surface area contributed by atoms with Crippen molar-refractivity contribution in [2.24, 2.45) is 0 Å². The van der Waals surface area contributed by atoms with Gasteiger partial charge in [0.1, 0.15) is 0 Å². The lowest BCUT2D eigenvalue weighted by Gasteiger charge is -2.14. The third-order valence-corrected chi connectivity index (χ3v) is 3.72. The molecule has 2 rings (SSSR count). The number of halogens is 1. The van der Waals surface area contributed by atoms with E-state index in [4.69, 9.17) is 25.8 Å². The Morgan fingerprint density at radius 3 is 2.04 bits per heavy atom. The minimum atomic E-state index is -0.401. The van der Waals surface area contributed by atoms with E-state index in [1.165, 1.54) is 21.3 Å². The van der Waals surface area contributed by atoms with Crippen molar-refractivity contribution in [2.45, 2.75) is 0 Å². The number of ether oxygens (including phenoxy) is 3. The zero-order valence-corrected chi connectivity index (χ0v) is 15.3. The van der Waals surface area contributed by atoms with Crippen molar-refractivity contribution in [1.29, 1.82) is 0 Å². The average Bonchev–Trinajstić information content (AvgIpc) is 2.65. The molecule has 0 bridgehead atoms. The third kappa shape index (κ3) is 4.80. The largest absolute Gasteiger partial charge is 0.493 e. The summed E-state index contributed by atoms with van der Waals surface area (Å²) in [6, 6.07) is 9.56. The second-order valence-corrected chi connectivity index (χ2v) is 5.59. The van der Waals surface area contributed by atoms with Crippen LogP contribution in [0.4, 0.5) is 5.69 Å². The Morgan fingerprint density at radius 2 is 1.54 bits per heavy atom. The molecule has 0 fully saturated rings. The van der Waals surface area contributed by atoms with Crippen LogP contribution in [0.25, 0.3) is 0 Å². The normalized spacial score (nSPS) is 10.0. The number of carbonyl (C=O) groups is 2. The number of hydrogen-bond acceptors (Lipinski definition) is 5. The number of hydrogen-bond donors (Lipinski definition) is 2. The summed E-state index contributed by atoms with van der Waals surface area (Å²) in [5, 5.41) is 5.73. The van der Waals surface area contributed by atoms with Crippen LogP contribution < -0.4 is 24.8 Å². The van der Waals surface area contributed by atoms with Gasteiger partial charge < -0.3 is 24.8 Å². The number of carbonyl (C=O) groups excluding carboxylic acids is 2. The van der Waals surface area contributed by atoms with E-state index < -0.39 is 5.91 Å². The van der Waals surface area contributed by atoms with Crippen molar-refractivity contribution in [1.82, 2.24) is 5.32 Å². The van der Waals surface area contributed by atoms with Gasteiger partial charge in [-0.3, -0.25) is 9.59 Å². The highest BCUT2D eigenvalue weighted by Crippen LogP contribution is 2.39. The Labute approximate surface area is 156 Å². The molecule has 2 N–H and O–H groups in total. The lowest BCUT2D eigenvalue weighted by Crippen LogP contribution is -2.32. The molecule has 2 aromatic carbocycles. The molecule has 2 aromatic rings. The predicted molar refractivity (Wildman–Crippen MR) is 98.5 cm³/mol. The molecule has 0 spiro atoms. The van der Waals surface area contributed by atoms with Crippen molar-refractivity contribution in [3.63, 3.8) is 0 Å². The van der Waals surface area contributed by atoms with E-state index in [0.29, 0.717) is 33.5 Å². The summed E-state index contributed by atoms with van der Waals surface area (Å²) in [5.74, 6) is 0.465. The Kier molecular flexibility index (Phi) is 6.68. The van der Waals surface area contributed by atoms with Gasteiger partial charge in [0, 0.05) is 28.4 Å². The Hall–Kier alpha value is -2.93. The first-order valence-corrected chi connectivity index (χ1v) is 8.00. The minimum absolute atomic E-state index is 0.196. The maximum atomic E-state index is 12.1. The van der Waals surface area contributed by atoms with Crippen LogP contribution in [0.1, 0.15) is 10.4 Å². The smallest absolute Gasteiger partial charge is 0.251 e. The standard InChI is InChI=1S/C18H19ClN2O5/c1-24-14-8-13(9-15(25-2)17(14)26-3)21-16(22)10-20-18(23)11-4-6-12(19)7-5-11/h4-9H,10H2,1-3H3,(H,20,23)(H,21,22). The Balaban J connectivity index is 2.01. The van der Waals surface area contributed by atoms with Crippen LogP contribution in [0.5, 0.6) is 17.2 Å². The SMILES string of the molecule is COc1cc(NC(=O)CNC(=O)c2ccc(Cl)cc2)cc(OC)c1OC. The number of benzene rings is 2. The summed E-state index contributed by atoms with van der Waals surface area (Å²) in [6.45, 7) is -0.196. The van der Waals surface area contributed by atoms with Gasteiger partial charge in [0.05, 0.1) is 27.9 Å². The fourth-order valence-electron chi connectivity index (χ4n) is 2.22. The van der Waals surface area contributed by atoms with Crippen molar-refractivity contribution in [2.75, 3.05) is 33.2 Å². The molecular weight excluding hydrogens is 360 g/mol. The Morgan fingerprint density at radius 1 is 0.962 bits per heavy atom. The van der Waals surface area contributed by atoms with Gasteiger partial charge in [-0.15, -0.1) is 0 Å². The van der Waals surface area contributed by atoms with Crippen LogP contribution in [0.3, 0.4) is 0 Å². The number of amides is 2. The van der Waals surface area contributed by atoms with Crippen LogP contribution in [-0.2, 0) is 4.79 Å². The molecule has 0 heterocycles. The van der Waals surface area contributed by atoms with E-state index in [0.717, 1.165) is 0 Å². The number of rotatable bonds is 7. The molecule has 0 radical (unpaired) electrons. The van der Waals surface area contributed by atoms with Gasteiger partial charge in [-0.1, -0.05) is 11.6 Å². The first kappa shape index (κ1) is 19.4. The van der Waals surface area contributed by atoms with E-state index in [1.54, 1.807) is 36.4 Å². The molecule has 0 aliphatic carbocycles. The van der Waals surface area contributed by atoms with Crippen molar-refractivity contribution >= 4 is 29.1 Å². The van der Waals surface area contributed by atoms with Crippen LogP contribution in [0.2, 0.25) is 5.02 Å². The molecule has 8 heteroatoms. The summed E-state index contributed by atoms with van der Waals surface area (Å²) in [4.78, 5) is 24.1. The topological polar surface area (TPSA) is 85.9 Å². The third-order valence-electron chi connectivity index (χ3n) is 3.46. The van der Waals surface area contributed by atoms with Gasteiger partial charge in [-0.25, -0.2) is 0 Å². The fraction of sp³-hybridized carbons (Fsp3) is 0.222. The molecule has 138 valence electrons. The van der Waals surface area contributed by atoms with E-state index in [9.17, 15) is 9.59 Å². The second-order valence-electron chi connectivity index (χ2n) is 5.15. The zero-order chi connectivity index (χ0) is 19.1. The van der Waals surface area contributed by atoms with Crippen molar-refractivity contribution < 1.29 is 23.8 Å². The van der Waals surface area contributed by atoms with Gasteiger partial charge in [0.15, 0.2) is 11.5 Å². The summed E-state index contributed by atoms with van der Waals surface area (Å²) < 4.78 is 15.7. The van der Waals surface area contributed by atoms with Crippen molar-refractivity contribution in [3.05, 3.63) is 47.0 Å². The maximum Gasteiger partial charge on any atom is 0.251 e. The highest BCUT2D eigenvalue weighted by Gasteiger charge is 2.15.